The van der Waals surface area contributed by atoms with Gasteiger partial charge in [0.05, 0.1) is 4.87 Å². The fourth-order valence-electron chi connectivity index (χ4n) is 1.49. The predicted octanol–water partition coefficient (Wildman–Crippen LogP) is 2.23. The maximum atomic E-state index is 5.18. The molecule has 0 bridgehead atoms. The van der Waals surface area contributed by atoms with Gasteiger partial charge in [-0.3, -0.25) is 0 Å². The number of rotatable bonds is 4. The van der Waals surface area contributed by atoms with Gasteiger partial charge in [0.2, 0.25) is 0 Å². The Balaban J connectivity index is 2.09. The van der Waals surface area contributed by atoms with Crippen LogP contribution in [0.1, 0.15) is 32.6 Å². The molecule has 1 heterocycles. The summed E-state index contributed by atoms with van der Waals surface area (Å²) in [5, 5.41) is 3.52. The first-order valence-electron chi connectivity index (χ1n) is 4.59. The lowest BCUT2D eigenvalue weighted by molar-refractivity contribution is 0.482. The van der Waals surface area contributed by atoms with E-state index in [1.807, 2.05) is 11.8 Å². The van der Waals surface area contributed by atoms with E-state index in [2.05, 4.69) is 18.2 Å². The van der Waals surface area contributed by atoms with Crippen LogP contribution in [0.4, 0.5) is 0 Å². The van der Waals surface area contributed by atoms with E-state index < -0.39 is 0 Å². The van der Waals surface area contributed by atoms with Crippen molar-refractivity contribution in [1.82, 2.24) is 5.32 Å². The van der Waals surface area contributed by atoms with Crippen molar-refractivity contribution in [3.8, 4) is 12.3 Å². The number of thioether (sulfide) groups is 1. The molecule has 0 aliphatic carbocycles. The standard InChI is InChI=1S/C10H17NS/c1-3-4-5-6-7-10(2)11-8-9-12-10/h1,11H,4-9H2,2H3. The second-order valence-corrected chi connectivity index (χ2v) is 5.02. The summed E-state index contributed by atoms with van der Waals surface area (Å²) < 4.78 is 0. The summed E-state index contributed by atoms with van der Waals surface area (Å²) in [5.74, 6) is 3.93. The van der Waals surface area contributed by atoms with Crippen LogP contribution in [0.25, 0.3) is 0 Å². The van der Waals surface area contributed by atoms with Crippen LogP contribution < -0.4 is 5.32 Å². The third kappa shape index (κ3) is 3.08. The molecule has 1 unspecified atom stereocenters. The van der Waals surface area contributed by atoms with Gasteiger partial charge in [0.25, 0.3) is 0 Å². The highest BCUT2D eigenvalue weighted by Crippen LogP contribution is 2.31. The van der Waals surface area contributed by atoms with Crippen molar-refractivity contribution in [3.05, 3.63) is 0 Å². The van der Waals surface area contributed by atoms with Crippen molar-refractivity contribution in [2.45, 2.75) is 37.5 Å². The van der Waals surface area contributed by atoms with Crippen LogP contribution in [-0.2, 0) is 0 Å². The van der Waals surface area contributed by atoms with Gasteiger partial charge in [0.1, 0.15) is 0 Å². The first kappa shape index (κ1) is 9.95. The molecule has 12 heavy (non-hydrogen) atoms. The van der Waals surface area contributed by atoms with Gasteiger partial charge < -0.3 is 5.32 Å². The maximum absolute atomic E-state index is 5.18. The molecule has 0 aromatic heterocycles. The summed E-state index contributed by atoms with van der Waals surface area (Å²) in [6, 6.07) is 0. The summed E-state index contributed by atoms with van der Waals surface area (Å²) in [4.78, 5) is 0.342. The zero-order valence-electron chi connectivity index (χ0n) is 7.73. The zero-order valence-corrected chi connectivity index (χ0v) is 8.54. The average Bonchev–Trinajstić information content (AvgIpc) is 2.47. The Morgan fingerprint density at radius 1 is 1.58 bits per heavy atom. The third-order valence-electron chi connectivity index (χ3n) is 2.25. The number of terminal acetylenes is 1. The molecule has 2 heteroatoms. The molecule has 0 aromatic carbocycles. The van der Waals surface area contributed by atoms with E-state index in [1.165, 1.54) is 25.0 Å². The second-order valence-electron chi connectivity index (χ2n) is 3.42. The molecule has 68 valence electrons. The van der Waals surface area contributed by atoms with Crippen molar-refractivity contribution < 1.29 is 0 Å². The monoisotopic (exact) mass is 183 g/mol. The Morgan fingerprint density at radius 3 is 3.00 bits per heavy atom. The molecule has 0 aromatic rings. The zero-order chi connectivity index (χ0) is 8.86. The predicted molar refractivity (Wildman–Crippen MR) is 56.2 cm³/mol. The molecule has 1 aliphatic rings. The van der Waals surface area contributed by atoms with E-state index in [9.17, 15) is 0 Å². The van der Waals surface area contributed by atoms with E-state index in [-0.39, 0.29) is 0 Å². The molecule has 0 radical (unpaired) electrons. The first-order chi connectivity index (χ1) is 5.77. The third-order valence-corrected chi connectivity index (χ3v) is 3.64. The van der Waals surface area contributed by atoms with Gasteiger partial charge >= 0.3 is 0 Å². The minimum absolute atomic E-state index is 0.342. The molecule has 0 amide bonds. The molecule has 0 spiro atoms. The van der Waals surface area contributed by atoms with Gasteiger partial charge in [0.15, 0.2) is 0 Å². The molecular formula is C10H17NS. The molecule has 1 rings (SSSR count). The van der Waals surface area contributed by atoms with Crippen molar-refractivity contribution >= 4 is 11.8 Å². The minimum atomic E-state index is 0.342. The SMILES string of the molecule is C#CCCCCC1(C)NCCS1. The van der Waals surface area contributed by atoms with Gasteiger partial charge in [-0.05, 0) is 26.2 Å². The van der Waals surface area contributed by atoms with Crippen LogP contribution in [-0.4, -0.2) is 17.2 Å². The number of hydrogen-bond acceptors (Lipinski definition) is 2. The normalized spacial score (nSPS) is 28.7. The van der Waals surface area contributed by atoms with Crippen molar-refractivity contribution in [2.24, 2.45) is 0 Å². The largest absolute Gasteiger partial charge is 0.302 e. The fourth-order valence-corrected chi connectivity index (χ4v) is 2.64. The summed E-state index contributed by atoms with van der Waals surface area (Å²) >= 11 is 2.04. The molecule has 1 N–H and O–H groups in total. The Bertz CT molecular complexity index is 165. The summed E-state index contributed by atoms with van der Waals surface area (Å²) in [5.41, 5.74) is 0. The van der Waals surface area contributed by atoms with Crippen LogP contribution in [0, 0.1) is 12.3 Å². The second kappa shape index (κ2) is 4.79. The molecule has 1 fully saturated rings. The number of hydrogen-bond donors (Lipinski definition) is 1. The van der Waals surface area contributed by atoms with Gasteiger partial charge in [-0.25, -0.2) is 0 Å². The minimum Gasteiger partial charge on any atom is -0.302 e. The van der Waals surface area contributed by atoms with E-state index >= 15 is 0 Å². The number of nitrogens with one attached hydrogen (secondary N) is 1. The smallest absolute Gasteiger partial charge is 0.0617 e. The van der Waals surface area contributed by atoms with Crippen LogP contribution in [0.2, 0.25) is 0 Å². The Kier molecular flexibility index (Phi) is 3.97. The molecular weight excluding hydrogens is 166 g/mol. The van der Waals surface area contributed by atoms with Crippen molar-refractivity contribution in [1.29, 1.82) is 0 Å². The highest BCUT2D eigenvalue weighted by Gasteiger charge is 2.27. The fraction of sp³-hybridized carbons (Fsp3) is 0.800. The van der Waals surface area contributed by atoms with E-state index in [1.54, 1.807) is 0 Å². The quantitative estimate of drug-likeness (QED) is 0.530. The highest BCUT2D eigenvalue weighted by atomic mass is 32.2. The Hall–Kier alpha value is -0.130. The lowest BCUT2D eigenvalue weighted by Crippen LogP contribution is -2.33. The molecule has 1 atom stereocenters. The van der Waals surface area contributed by atoms with Gasteiger partial charge in [0, 0.05) is 18.7 Å². The maximum Gasteiger partial charge on any atom is 0.0617 e. The Labute approximate surface area is 79.7 Å². The summed E-state index contributed by atoms with van der Waals surface area (Å²) in [7, 11) is 0. The Morgan fingerprint density at radius 2 is 2.42 bits per heavy atom. The van der Waals surface area contributed by atoms with Gasteiger partial charge in [-0.2, -0.15) is 0 Å². The van der Waals surface area contributed by atoms with E-state index in [0.717, 1.165) is 13.0 Å². The highest BCUT2D eigenvalue weighted by molar-refractivity contribution is 8.00. The lowest BCUT2D eigenvalue weighted by atomic mass is 10.1. The summed E-state index contributed by atoms with van der Waals surface area (Å²) in [6.07, 6.45) is 9.79. The molecule has 1 nitrogen and oxygen atoms in total. The van der Waals surface area contributed by atoms with Gasteiger partial charge in [-0.15, -0.1) is 24.1 Å². The summed E-state index contributed by atoms with van der Waals surface area (Å²) in [6.45, 7) is 3.46. The molecule has 1 saturated heterocycles. The number of unbranched alkanes of at least 4 members (excludes halogenated alkanes) is 2. The van der Waals surface area contributed by atoms with Crippen molar-refractivity contribution in [2.75, 3.05) is 12.3 Å². The van der Waals surface area contributed by atoms with Crippen LogP contribution in [0.15, 0.2) is 0 Å². The molecule has 1 aliphatic heterocycles. The average molecular weight is 183 g/mol. The molecule has 0 saturated carbocycles. The van der Waals surface area contributed by atoms with Crippen LogP contribution in [0.5, 0.6) is 0 Å². The van der Waals surface area contributed by atoms with Gasteiger partial charge in [-0.1, -0.05) is 0 Å². The van der Waals surface area contributed by atoms with Crippen LogP contribution >= 0.6 is 11.8 Å². The van der Waals surface area contributed by atoms with Crippen molar-refractivity contribution in [3.63, 3.8) is 0 Å². The first-order valence-corrected chi connectivity index (χ1v) is 5.58. The van der Waals surface area contributed by atoms with E-state index in [0.29, 0.717) is 4.87 Å². The van der Waals surface area contributed by atoms with E-state index in [4.69, 9.17) is 6.42 Å². The lowest BCUT2D eigenvalue weighted by Gasteiger charge is -2.22. The van der Waals surface area contributed by atoms with Crippen LogP contribution in [0.3, 0.4) is 0 Å². The topological polar surface area (TPSA) is 12.0 Å².